The summed E-state index contributed by atoms with van der Waals surface area (Å²) in [6.45, 7) is 8.97. The van der Waals surface area contributed by atoms with E-state index in [1.807, 2.05) is 0 Å². The lowest BCUT2D eigenvalue weighted by atomic mass is 10.3. The first kappa shape index (κ1) is 10.8. The van der Waals surface area contributed by atoms with Gasteiger partial charge in [0, 0.05) is 0 Å². The van der Waals surface area contributed by atoms with Crippen molar-refractivity contribution in [3.8, 4) is 0 Å². The molecular formula is C9H14O3. The second-order valence-electron chi connectivity index (χ2n) is 2.34. The summed E-state index contributed by atoms with van der Waals surface area (Å²) >= 11 is 0. The average Bonchev–Trinajstić information content (AvgIpc) is 2.00. The van der Waals surface area contributed by atoms with Gasteiger partial charge in [0.2, 0.25) is 0 Å². The van der Waals surface area contributed by atoms with Crippen molar-refractivity contribution >= 4 is 5.97 Å². The van der Waals surface area contributed by atoms with Gasteiger partial charge in [-0.3, -0.25) is 0 Å². The molecular weight excluding hydrogens is 156 g/mol. The summed E-state index contributed by atoms with van der Waals surface area (Å²) in [4.78, 5) is 11.0. The van der Waals surface area contributed by atoms with E-state index in [0.717, 1.165) is 0 Å². The highest BCUT2D eigenvalue weighted by Gasteiger charge is 2.03. The first-order valence-corrected chi connectivity index (χ1v) is 3.74. The van der Waals surface area contributed by atoms with Crippen LogP contribution in [0, 0.1) is 0 Å². The summed E-state index contributed by atoms with van der Waals surface area (Å²) in [6.07, 6.45) is 1.33. The maximum Gasteiger partial charge on any atom is 0.336 e. The van der Waals surface area contributed by atoms with Crippen LogP contribution in [0.2, 0.25) is 0 Å². The van der Waals surface area contributed by atoms with Crippen LogP contribution in [0.15, 0.2) is 24.2 Å². The SMILES string of the molecule is C=C(C)O/C=C(\C)C(=O)OCC. The number of carbonyl (C=O) groups is 1. The standard InChI is InChI=1S/C9H14O3/c1-5-11-9(10)8(4)6-12-7(2)3/h6H,2,5H2,1,3-4H3/b8-6+. The summed E-state index contributed by atoms with van der Waals surface area (Å²) in [6, 6.07) is 0. The van der Waals surface area contributed by atoms with E-state index in [4.69, 9.17) is 9.47 Å². The van der Waals surface area contributed by atoms with Crippen LogP contribution in [0.4, 0.5) is 0 Å². The minimum Gasteiger partial charge on any atom is -0.470 e. The largest absolute Gasteiger partial charge is 0.470 e. The molecule has 0 heterocycles. The molecule has 0 unspecified atom stereocenters. The van der Waals surface area contributed by atoms with Crippen molar-refractivity contribution in [3.05, 3.63) is 24.2 Å². The maximum atomic E-state index is 11.0. The molecule has 12 heavy (non-hydrogen) atoms. The minimum absolute atomic E-state index is 0.362. The fraction of sp³-hybridized carbons (Fsp3) is 0.444. The van der Waals surface area contributed by atoms with E-state index in [-0.39, 0.29) is 5.97 Å². The molecule has 0 aromatic rings. The van der Waals surface area contributed by atoms with E-state index >= 15 is 0 Å². The third kappa shape index (κ3) is 4.55. The normalized spacial score (nSPS) is 10.8. The van der Waals surface area contributed by atoms with Gasteiger partial charge in [0.1, 0.15) is 6.26 Å². The molecule has 0 N–H and O–H groups in total. The Balaban J connectivity index is 3.99. The first-order valence-electron chi connectivity index (χ1n) is 3.74. The van der Waals surface area contributed by atoms with Gasteiger partial charge in [-0.1, -0.05) is 6.58 Å². The lowest BCUT2D eigenvalue weighted by Gasteiger charge is -2.01. The third-order valence-corrected chi connectivity index (χ3v) is 1.03. The second-order valence-corrected chi connectivity index (χ2v) is 2.34. The van der Waals surface area contributed by atoms with Crippen molar-refractivity contribution in [2.24, 2.45) is 0 Å². The number of hydrogen-bond donors (Lipinski definition) is 0. The topological polar surface area (TPSA) is 35.5 Å². The average molecular weight is 170 g/mol. The molecule has 3 nitrogen and oxygen atoms in total. The van der Waals surface area contributed by atoms with Crippen molar-refractivity contribution in [1.29, 1.82) is 0 Å². The molecule has 0 aliphatic heterocycles. The van der Waals surface area contributed by atoms with Crippen LogP contribution in [0.3, 0.4) is 0 Å². The number of ether oxygens (including phenoxy) is 2. The zero-order valence-corrected chi connectivity index (χ0v) is 7.72. The number of allylic oxidation sites excluding steroid dienone is 1. The van der Waals surface area contributed by atoms with Gasteiger partial charge in [-0.15, -0.1) is 0 Å². The summed E-state index contributed by atoms with van der Waals surface area (Å²) in [5, 5.41) is 0. The van der Waals surface area contributed by atoms with Crippen LogP contribution >= 0.6 is 0 Å². The summed E-state index contributed by atoms with van der Waals surface area (Å²) in [7, 11) is 0. The Kier molecular flexibility index (Phi) is 4.84. The van der Waals surface area contributed by atoms with E-state index in [2.05, 4.69) is 6.58 Å². The molecule has 68 valence electrons. The highest BCUT2D eigenvalue weighted by atomic mass is 16.5. The fourth-order valence-electron chi connectivity index (χ4n) is 0.482. The zero-order chi connectivity index (χ0) is 9.56. The predicted molar refractivity (Wildman–Crippen MR) is 46.3 cm³/mol. The summed E-state index contributed by atoms with van der Waals surface area (Å²) < 4.78 is 9.63. The van der Waals surface area contributed by atoms with Crippen molar-refractivity contribution < 1.29 is 14.3 Å². The summed E-state index contributed by atoms with van der Waals surface area (Å²) in [5.74, 6) is 0.178. The first-order chi connectivity index (χ1) is 5.57. The Morgan fingerprint density at radius 1 is 1.50 bits per heavy atom. The molecule has 0 atom stereocenters. The molecule has 0 fully saturated rings. The van der Waals surface area contributed by atoms with Crippen LogP contribution in [0.5, 0.6) is 0 Å². The molecule has 0 rings (SSSR count). The zero-order valence-electron chi connectivity index (χ0n) is 7.72. The molecule has 0 aromatic carbocycles. The Hall–Kier alpha value is -1.25. The van der Waals surface area contributed by atoms with Crippen LogP contribution in [0.25, 0.3) is 0 Å². The van der Waals surface area contributed by atoms with Gasteiger partial charge >= 0.3 is 5.97 Å². The molecule has 3 heteroatoms. The molecule has 0 saturated heterocycles. The van der Waals surface area contributed by atoms with E-state index in [0.29, 0.717) is 17.9 Å². The monoisotopic (exact) mass is 170 g/mol. The maximum absolute atomic E-state index is 11.0. The number of carbonyl (C=O) groups excluding carboxylic acids is 1. The van der Waals surface area contributed by atoms with Crippen LogP contribution < -0.4 is 0 Å². The van der Waals surface area contributed by atoms with Gasteiger partial charge < -0.3 is 9.47 Å². The Morgan fingerprint density at radius 3 is 2.50 bits per heavy atom. The Bertz CT molecular complexity index is 204. The lowest BCUT2D eigenvalue weighted by molar-refractivity contribution is -0.138. The van der Waals surface area contributed by atoms with Crippen LogP contribution in [0.1, 0.15) is 20.8 Å². The van der Waals surface area contributed by atoms with Crippen LogP contribution in [-0.4, -0.2) is 12.6 Å². The van der Waals surface area contributed by atoms with Crippen molar-refractivity contribution in [2.75, 3.05) is 6.61 Å². The molecule has 0 aliphatic rings. The number of esters is 1. The van der Waals surface area contributed by atoms with Gasteiger partial charge in [0.25, 0.3) is 0 Å². The molecule has 0 radical (unpaired) electrons. The Labute approximate surface area is 72.7 Å². The van der Waals surface area contributed by atoms with E-state index < -0.39 is 0 Å². The third-order valence-electron chi connectivity index (χ3n) is 1.03. The van der Waals surface area contributed by atoms with Crippen molar-refractivity contribution in [2.45, 2.75) is 20.8 Å². The lowest BCUT2D eigenvalue weighted by Crippen LogP contribution is -2.05. The van der Waals surface area contributed by atoms with E-state index in [1.54, 1.807) is 20.8 Å². The quantitative estimate of drug-likeness (QED) is 0.368. The van der Waals surface area contributed by atoms with Crippen molar-refractivity contribution in [3.63, 3.8) is 0 Å². The van der Waals surface area contributed by atoms with Crippen LogP contribution in [-0.2, 0) is 14.3 Å². The van der Waals surface area contributed by atoms with Crippen molar-refractivity contribution in [1.82, 2.24) is 0 Å². The minimum atomic E-state index is -0.362. The van der Waals surface area contributed by atoms with Gasteiger partial charge in [-0.2, -0.15) is 0 Å². The van der Waals surface area contributed by atoms with E-state index in [1.165, 1.54) is 6.26 Å². The molecule has 0 bridgehead atoms. The summed E-state index contributed by atoms with van der Waals surface area (Å²) in [5.41, 5.74) is 0.430. The molecule has 0 aliphatic carbocycles. The molecule has 0 saturated carbocycles. The van der Waals surface area contributed by atoms with Gasteiger partial charge in [0.15, 0.2) is 0 Å². The number of hydrogen-bond acceptors (Lipinski definition) is 3. The molecule has 0 aromatic heterocycles. The smallest absolute Gasteiger partial charge is 0.336 e. The predicted octanol–water partition coefficient (Wildman–Crippen LogP) is 2.00. The molecule has 0 spiro atoms. The van der Waals surface area contributed by atoms with E-state index in [9.17, 15) is 4.79 Å². The number of rotatable bonds is 4. The molecule has 0 amide bonds. The second kappa shape index (κ2) is 5.41. The fourth-order valence-corrected chi connectivity index (χ4v) is 0.482. The highest BCUT2D eigenvalue weighted by molar-refractivity contribution is 5.87. The Morgan fingerprint density at radius 2 is 2.08 bits per heavy atom. The van der Waals surface area contributed by atoms with Gasteiger partial charge in [-0.05, 0) is 20.8 Å². The highest BCUT2D eigenvalue weighted by Crippen LogP contribution is 2.00. The van der Waals surface area contributed by atoms with Gasteiger partial charge in [0.05, 0.1) is 17.9 Å². The van der Waals surface area contributed by atoms with Gasteiger partial charge in [-0.25, -0.2) is 4.79 Å².